The van der Waals surface area contributed by atoms with Crippen molar-refractivity contribution >= 4 is 17.5 Å². The fourth-order valence-electron chi connectivity index (χ4n) is 3.60. The van der Waals surface area contributed by atoms with Gasteiger partial charge >= 0.3 is 0 Å². The van der Waals surface area contributed by atoms with E-state index in [4.69, 9.17) is 16.3 Å². The molecule has 0 saturated carbocycles. The smallest absolute Gasteiger partial charge is 0.242 e. The lowest BCUT2D eigenvalue weighted by molar-refractivity contribution is -0.132. The average molecular weight is 406 g/mol. The van der Waals surface area contributed by atoms with Crippen LogP contribution in [-0.2, 0) is 11.3 Å². The molecule has 1 aliphatic heterocycles. The molecule has 28 heavy (non-hydrogen) atoms. The number of benzene rings is 1. The number of carbonyl (C=O) groups excluding carboxylic acids is 1. The first-order valence-electron chi connectivity index (χ1n) is 9.65. The largest absolute Gasteiger partial charge is 0.491 e. The van der Waals surface area contributed by atoms with Crippen LogP contribution < -0.4 is 4.74 Å². The molecule has 1 unspecified atom stereocenters. The second-order valence-corrected chi connectivity index (χ2v) is 8.10. The summed E-state index contributed by atoms with van der Waals surface area (Å²) in [6, 6.07) is 3.78. The number of ether oxygens (including phenoxy) is 1. The molecule has 1 amide bonds. The molecule has 0 radical (unpaired) electrons. The summed E-state index contributed by atoms with van der Waals surface area (Å²) in [7, 11) is 0. The van der Waals surface area contributed by atoms with Crippen LogP contribution in [0.25, 0.3) is 0 Å². The van der Waals surface area contributed by atoms with Gasteiger partial charge in [-0.2, -0.15) is 0 Å². The molecule has 1 fully saturated rings. The van der Waals surface area contributed by atoms with Crippen molar-refractivity contribution in [1.29, 1.82) is 0 Å². The van der Waals surface area contributed by atoms with Crippen LogP contribution in [0.1, 0.15) is 36.2 Å². The number of likely N-dealkylation sites (tertiary alicyclic amines) is 1. The molecule has 6 nitrogen and oxygen atoms in total. The van der Waals surface area contributed by atoms with Gasteiger partial charge in [0, 0.05) is 30.5 Å². The van der Waals surface area contributed by atoms with E-state index in [9.17, 15) is 9.90 Å². The third kappa shape index (κ3) is 4.86. The van der Waals surface area contributed by atoms with Gasteiger partial charge in [-0.05, 0) is 63.3 Å². The SMILES string of the molecule is Cc1cc(OCC2(O)CCCN(C(=O)Cn3ccnc3C)CC2)cc(C)c1Cl. The van der Waals surface area contributed by atoms with Gasteiger partial charge in [-0.25, -0.2) is 4.98 Å². The van der Waals surface area contributed by atoms with Crippen molar-refractivity contribution in [3.63, 3.8) is 0 Å². The standard InChI is InChI=1S/C21H28ClN3O3/c1-15-11-18(12-16(2)20(15)22)28-14-21(27)5-4-8-24(9-6-21)19(26)13-25-10-7-23-17(25)3/h7,10-12,27H,4-6,8-9,13-14H2,1-3H3. The van der Waals surface area contributed by atoms with Crippen LogP contribution in [-0.4, -0.2) is 50.8 Å². The summed E-state index contributed by atoms with van der Waals surface area (Å²) in [6.45, 7) is 7.41. The molecule has 2 aromatic rings. The van der Waals surface area contributed by atoms with Gasteiger partial charge in [-0.15, -0.1) is 0 Å². The molecule has 7 heteroatoms. The molecule has 1 atom stereocenters. The Balaban J connectivity index is 1.57. The summed E-state index contributed by atoms with van der Waals surface area (Å²) in [4.78, 5) is 18.6. The molecule has 0 aliphatic carbocycles. The van der Waals surface area contributed by atoms with Crippen LogP contribution in [0.2, 0.25) is 5.02 Å². The zero-order valence-corrected chi connectivity index (χ0v) is 17.5. The molecule has 3 rings (SSSR count). The van der Waals surface area contributed by atoms with Crippen LogP contribution >= 0.6 is 11.6 Å². The number of aromatic nitrogens is 2. The van der Waals surface area contributed by atoms with Crippen LogP contribution in [0.3, 0.4) is 0 Å². The maximum atomic E-state index is 12.6. The lowest BCUT2D eigenvalue weighted by atomic mass is 9.96. The Kier molecular flexibility index (Phi) is 6.30. The summed E-state index contributed by atoms with van der Waals surface area (Å²) in [6.07, 6.45) is 5.35. The average Bonchev–Trinajstić information content (AvgIpc) is 2.94. The van der Waals surface area contributed by atoms with Crippen LogP contribution in [0.4, 0.5) is 0 Å². The molecule has 1 N–H and O–H groups in total. The van der Waals surface area contributed by atoms with E-state index in [2.05, 4.69) is 4.98 Å². The van der Waals surface area contributed by atoms with Gasteiger partial charge in [-0.3, -0.25) is 4.79 Å². The van der Waals surface area contributed by atoms with Crippen molar-refractivity contribution < 1.29 is 14.6 Å². The number of nitrogens with zero attached hydrogens (tertiary/aromatic N) is 3. The third-order valence-electron chi connectivity index (χ3n) is 5.42. The fraction of sp³-hybridized carbons (Fsp3) is 0.524. The Bertz CT molecular complexity index is 828. The van der Waals surface area contributed by atoms with Crippen molar-refractivity contribution in [2.24, 2.45) is 0 Å². The molecule has 2 heterocycles. The maximum Gasteiger partial charge on any atom is 0.242 e. The molecule has 1 aromatic carbocycles. The van der Waals surface area contributed by atoms with Gasteiger partial charge in [-0.1, -0.05) is 11.6 Å². The summed E-state index contributed by atoms with van der Waals surface area (Å²) < 4.78 is 7.73. The number of amides is 1. The van der Waals surface area contributed by atoms with E-state index in [1.807, 2.05) is 48.6 Å². The highest BCUT2D eigenvalue weighted by Crippen LogP contribution is 2.28. The molecule has 0 spiro atoms. The summed E-state index contributed by atoms with van der Waals surface area (Å²) in [5.74, 6) is 1.58. The second-order valence-electron chi connectivity index (χ2n) is 7.72. The Labute approximate surface area is 171 Å². The van der Waals surface area contributed by atoms with E-state index in [1.165, 1.54) is 0 Å². The highest BCUT2D eigenvalue weighted by atomic mass is 35.5. The quantitative estimate of drug-likeness (QED) is 0.828. The van der Waals surface area contributed by atoms with E-state index < -0.39 is 5.60 Å². The van der Waals surface area contributed by atoms with Crippen LogP contribution in [0.15, 0.2) is 24.5 Å². The van der Waals surface area contributed by atoms with Crippen molar-refractivity contribution in [2.75, 3.05) is 19.7 Å². The first kappa shape index (κ1) is 20.7. The van der Waals surface area contributed by atoms with Gasteiger partial charge in [0.25, 0.3) is 0 Å². The Morgan fingerprint density at radius 1 is 1.25 bits per heavy atom. The van der Waals surface area contributed by atoms with E-state index >= 15 is 0 Å². The molecule has 1 aliphatic rings. The van der Waals surface area contributed by atoms with Gasteiger partial charge in [0.2, 0.25) is 5.91 Å². The summed E-state index contributed by atoms with van der Waals surface area (Å²) in [5.41, 5.74) is 0.966. The van der Waals surface area contributed by atoms with E-state index in [0.717, 1.165) is 28.4 Å². The van der Waals surface area contributed by atoms with Crippen LogP contribution in [0, 0.1) is 20.8 Å². The van der Waals surface area contributed by atoms with Crippen molar-refractivity contribution in [2.45, 2.75) is 52.2 Å². The van der Waals surface area contributed by atoms with Gasteiger partial charge in [0.1, 0.15) is 30.3 Å². The number of halogens is 1. The zero-order valence-electron chi connectivity index (χ0n) is 16.7. The third-order valence-corrected chi connectivity index (χ3v) is 6.01. The number of aliphatic hydroxyl groups is 1. The summed E-state index contributed by atoms with van der Waals surface area (Å²) in [5, 5.41) is 11.7. The molecule has 152 valence electrons. The number of hydrogen-bond donors (Lipinski definition) is 1. The Morgan fingerprint density at radius 3 is 2.61 bits per heavy atom. The minimum atomic E-state index is -0.943. The lowest BCUT2D eigenvalue weighted by Gasteiger charge is -2.27. The van der Waals surface area contributed by atoms with E-state index in [-0.39, 0.29) is 19.1 Å². The van der Waals surface area contributed by atoms with Gasteiger partial charge in [0.05, 0.1) is 0 Å². The van der Waals surface area contributed by atoms with Crippen molar-refractivity contribution in [1.82, 2.24) is 14.5 Å². The van der Waals surface area contributed by atoms with E-state index in [0.29, 0.717) is 31.7 Å². The van der Waals surface area contributed by atoms with Crippen LogP contribution in [0.5, 0.6) is 5.75 Å². The van der Waals surface area contributed by atoms with Crippen molar-refractivity contribution in [3.05, 3.63) is 46.5 Å². The topological polar surface area (TPSA) is 67.6 Å². The number of aryl methyl sites for hydroxylation is 3. The number of imidazole rings is 1. The zero-order chi connectivity index (χ0) is 20.3. The minimum absolute atomic E-state index is 0.0511. The predicted octanol–water partition coefficient (Wildman–Crippen LogP) is 3.28. The first-order chi connectivity index (χ1) is 13.3. The highest BCUT2D eigenvalue weighted by molar-refractivity contribution is 6.32. The van der Waals surface area contributed by atoms with Gasteiger partial charge < -0.3 is 19.3 Å². The first-order valence-corrected chi connectivity index (χ1v) is 10.0. The lowest BCUT2D eigenvalue weighted by Crippen LogP contribution is -2.39. The Morgan fingerprint density at radius 2 is 1.96 bits per heavy atom. The molecular weight excluding hydrogens is 378 g/mol. The van der Waals surface area contributed by atoms with E-state index in [1.54, 1.807) is 6.20 Å². The van der Waals surface area contributed by atoms with Crippen molar-refractivity contribution in [3.8, 4) is 5.75 Å². The predicted molar refractivity (Wildman–Crippen MR) is 109 cm³/mol. The minimum Gasteiger partial charge on any atom is -0.491 e. The Hall–Kier alpha value is -2.05. The number of hydrogen-bond acceptors (Lipinski definition) is 4. The monoisotopic (exact) mass is 405 g/mol. The molecule has 0 bridgehead atoms. The number of rotatable bonds is 5. The number of carbonyl (C=O) groups is 1. The van der Waals surface area contributed by atoms with Gasteiger partial charge in [0.15, 0.2) is 0 Å². The maximum absolute atomic E-state index is 12.6. The molecule has 1 aromatic heterocycles. The molecular formula is C21H28ClN3O3. The normalized spacial score (nSPS) is 20.1. The summed E-state index contributed by atoms with van der Waals surface area (Å²) >= 11 is 6.21. The highest BCUT2D eigenvalue weighted by Gasteiger charge is 2.32. The molecule has 1 saturated heterocycles. The second kappa shape index (κ2) is 8.53. The fourth-order valence-corrected chi connectivity index (χ4v) is 3.71.